The van der Waals surface area contributed by atoms with Crippen LogP contribution in [0.5, 0.6) is 0 Å². The average molecular weight is 258 g/mol. The third-order valence-corrected chi connectivity index (χ3v) is 4.07. The van der Waals surface area contributed by atoms with Gasteiger partial charge in [-0.1, -0.05) is 43.2 Å². The minimum absolute atomic E-state index is 0.0103. The van der Waals surface area contributed by atoms with Crippen molar-refractivity contribution in [3.63, 3.8) is 0 Å². The fourth-order valence-electron chi connectivity index (χ4n) is 2.99. The first-order valence-electron chi connectivity index (χ1n) is 7.35. The lowest BCUT2D eigenvalue weighted by molar-refractivity contribution is -0.130. The minimum Gasteiger partial charge on any atom is -0.319 e. The zero-order valence-corrected chi connectivity index (χ0v) is 11.7. The fourth-order valence-corrected chi connectivity index (χ4v) is 2.99. The van der Waals surface area contributed by atoms with Gasteiger partial charge in [0.25, 0.3) is 0 Å². The summed E-state index contributed by atoms with van der Waals surface area (Å²) < 4.78 is 0. The minimum atomic E-state index is 0.0103. The van der Waals surface area contributed by atoms with Crippen molar-refractivity contribution in [1.82, 2.24) is 10.2 Å². The van der Waals surface area contributed by atoms with Crippen LogP contribution in [-0.2, 0) is 4.79 Å². The number of nitrogens with zero attached hydrogens (tertiary/aromatic N) is 1. The molecule has 1 aromatic carbocycles. The highest BCUT2D eigenvalue weighted by atomic mass is 16.2. The molecule has 1 N–H and O–H groups in total. The molecule has 3 heteroatoms. The van der Waals surface area contributed by atoms with Gasteiger partial charge in [0.15, 0.2) is 0 Å². The lowest BCUT2D eigenvalue weighted by Crippen LogP contribution is -2.33. The van der Waals surface area contributed by atoms with E-state index >= 15 is 0 Å². The number of carbonyl (C=O) groups excluding carboxylic acids is 1. The quantitative estimate of drug-likeness (QED) is 0.900. The zero-order valence-electron chi connectivity index (χ0n) is 11.7. The Morgan fingerprint density at radius 3 is 2.79 bits per heavy atom. The summed E-state index contributed by atoms with van der Waals surface area (Å²) in [7, 11) is 0. The number of benzene rings is 1. The van der Waals surface area contributed by atoms with Crippen LogP contribution in [0.2, 0.25) is 0 Å². The van der Waals surface area contributed by atoms with Gasteiger partial charge >= 0.3 is 0 Å². The number of amides is 1. The van der Waals surface area contributed by atoms with Gasteiger partial charge < -0.3 is 4.90 Å². The molecule has 3 nitrogen and oxygen atoms in total. The number of carbonyl (C=O) groups is 1. The molecule has 2 unspecified atom stereocenters. The number of aryl methyl sites for hydroxylation is 1. The zero-order chi connectivity index (χ0) is 13.4. The molecule has 0 bridgehead atoms. The number of hydrogen-bond donors (Lipinski definition) is 1. The molecule has 0 aromatic heterocycles. The molecule has 1 heterocycles. The molecule has 1 amide bonds. The van der Waals surface area contributed by atoms with E-state index in [2.05, 4.69) is 48.3 Å². The first-order chi connectivity index (χ1) is 9.20. The second-order valence-corrected chi connectivity index (χ2v) is 5.80. The SMILES string of the molecule is CCCC1NC(c2cccc(C)c2)N(C2CC2)C1=O. The van der Waals surface area contributed by atoms with Crippen molar-refractivity contribution < 1.29 is 4.79 Å². The molecule has 1 saturated carbocycles. The Bertz CT molecular complexity index is 481. The molecule has 1 saturated heterocycles. The predicted molar refractivity (Wildman–Crippen MR) is 75.6 cm³/mol. The predicted octanol–water partition coefficient (Wildman–Crippen LogP) is 2.76. The van der Waals surface area contributed by atoms with Gasteiger partial charge in [-0.15, -0.1) is 0 Å². The van der Waals surface area contributed by atoms with Crippen LogP contribution in [-0.4, -0.2) is 22.9 Å². The maximum Gasteiger partial charge on any atom is 0.241 e. The standard InChI is InChI=1S/C16H22N2O/c1-3-5-14-16(19)18(13-8-9-13)15(17-14)12-7-4-6-11(2)10-12/h4,6-7,10,13-15,17H,3,5,8-9H2,1-2H3. The lowest BCUT2D eigenvalue weighted by Gasteiger charge is -2.24. The van der Waals surface area contributed by atoms with E-state index in [1.807, 2.05) is 0 Å². The van der Waals surface area contributed by atoms with Gasteiger partial charge in [-0.05, 0) is 31.7 Å². The van der Waals surface area contributed by atoms with Crippen LogP contribution in [0.4, 0.5) is 0 Å². The van der Waals surface area contributed by atoms with Gasteiger partial charge in [-0.3, -0.25) is 10.1 Å². The van der Waals surface area contributed by atoms with Crippen molar-refractivity contribution >= 4 is 5.91 Å². The maximum atomic E-state index is 12.5. The third kappa shape index (κ3) is 2.39. The van der Waals surface area contributed by atoms with Crippen LogP contribution in [0.15, 0.2) is 24.3 Å². The Morgan fingerprint density at radius 1 is 1.37 bits per heavy atom. The first-order valence-corrected chi connectivity index (χ1v) is 7.35. The van der Waals surface area contributed by atoms with Crippen LogP contribution in [0.1, 0.15) is 49.9 Å². The molecule has 3 rings (SSSR count). The van der Waals surface area contributed by atoms with E-state index in [1.165, 1.54) is 11.1 Å². The van der Waals surface area contributed by atoms with Crippen molar-refractivity contribution in [2.45, 2.75) is 57.8 Å². The molecular weight excluding hydrogens is 236 g/mol. The number of hydrogen-bond acceptors (Lipinski definition) is 2. The molecular formula is C16H22N2O. The van der Waals surface area contributed by atoms with Crippen LogP contribution >= 0.6 is 0 Å². The van der Waals surface area contributed by atoms with E-state index < -0.39 is 0 Å². The van der Waals surface area contributed by atoms with Crippen LogP contribution in [0.25, 0.3) is 0 Å². The normalized spacial score (nSPS) is 27.1. The highest BCUT2D eigenvalue weighted by Crippen LogP contribution is 2.38. The summed E-state index contributed by atoms with van der Waals surface area (Å²) in [4.78, 5) is 14.6. The van der Waals surface area contributed by atoms with E-state index in [0.29, 0.717) is 11.9 Å². The monoisotopic (exact) mass is 258 g/mol. The summed E-state index contributed by atoms with van der Waals surface area (Å²) in [5, 5.41) is 3.53. The summed E-state index contributed by atoms with van der Waals surface area (Å²) in [5.74, 6) is 0.302. The Hall–Kier alpha value is -1.35. The maximum absolute atomic E-state index is 12.5. The van der Waals surface area contributed by atoms with Gasteiger partial charge in [0.1, 0.15) is 6.17 Å². The van der Waals surface area contributed by atoms with Gasteiger partial charge in [0.2, 0.25) is 5.91 Å². The van der Waals surface area contributed by atoms with Crippen LogP contribution in [0, 0.1) is 6.92 Å². The molecule has 0 spiro atoms. The summed E-state index contributed by atoms with van der Waals surface area (Å²) in [6.45, 7) is 4.24. The van der Waals surface area contributed by atoms with E-state index in [1.54, 1.807) is 0 Å². The van der Waals surface area contributed by atoms with E-state index in [-0.39, 0.29) is 12.2 Å². The van der Waals surface area contributed by atoms with Crippen molar-refractivity contribution in [3.8, 4) is 0 Å². The van der Waals surface area contributed by atoms with Crippen LogP contribution in [0.3, 0.4) is 0 Å². The summed E-state index contributed by atoms with van der Waals surface area (Å²) in [5.41, 5.74) is 2.47. The molecule has 0 radical (unpaired) electrons. The van der Waals surface area contributed by atoms with E-state index in [0.717, 1.165) is 25.7 Å². The number of rotatable bonds is 4. The Morgan fingerprint density at radius 2 is 2.16 bits per heavy atom. The van der Waals surface area contributed by atoms with Crippen molar-refractivity contribution in [2.75, 3.05) is 0 Å². The smallest absolute Gasteiger partial charge is 0.241 e. The first kappa shape index (κ1) is 12.7. The van der Waals surface area contributed by atoms with Crippen molar-refractivity contribution in [1.29, 1.82) is 0 Å². The largest absolute Gasteiger partial charge is 0.319 e. The summed E-state index contributed by atoms with van der Waals surface area (Å²) >= 11 is 0. The Kier molecular flexibility index (Phi) is 3.31. The second-order valence-electron chi connectivity index (χ2n) is 5.80. The van der Waals surface area contributed by atoms with E-state index in [9.17, 15) is 4.79 Å². The summed E-state index contributed by atoms with van der Waals surface area (Å²) in [6, 6.07) is 8.97. The molecule has 1 aliphatic heterocycles. The molecule has 102 valence electrons. The Balaban J connectivity index is 1.88. The lowest BCUT2D eigenvalue weighted by atomic mass is 10.1. The topological polar surface area (TPSA) is 32.3 Å². The highest BCUT2D eigenvalue weighted by molar-refractivity contribution is 5.85. The van der Waals surface area contributed by atoms with Gasteiger partial charge in [-0.25, -0.2) is 0 Å². The fraction of sp³-hybridized carbons (Fsp3) is 0.562. The second kappa shape index (κ2) is 4.97. The van der Waals surface area contributed by atoms with Gasteiger partial charge in [0.05, 0.1) is 6.04 Å². The van der Waals surface area contributed by atoms with E-state index in [4.69, 9.17) is 0 Å². The summed E-state index contributed by atoms with van der Waals surface area (Å²) in [6.07, 6.45) is 4.38. The molecule has 2 aliphatic rings. The van der Waals surface area contributed by atoms with Crippen molar-refractivity contribution in [2.24, 2.45) is 0 Å². The molecule has 1 aliphatic carbocycles. The van der Waals surface area contributed by atoms with Gasteiger partial charge in [-0.2, -0.15) is 0 Å². The molecule has 1 aromatic rings. The molecule has 19 heavy (non-hydrogen) atoms. The van der Waals surface area contributed by atoms with Gasteiger partial charge in [0, 0.05) is 6.04 Å². The Labute approximate surface area is 115 Å². The van der Waals surface area contributed by atoms with Crippen LogP contribution < -0.4 is 5.32 Å². The third-order valence-electron chi connectivity index (χ3n) is 4.07. The molecule has 2 atom stereocenters. The number of nitrogens with one attached hydrogen (secondary N) is 1. The van der Waals surface area contributed by atoms with Crippen molar-refractivity contribution in [3.05, 3.63) is 35.4 Å². The average Bonchev–Trinajstić information content (AvgIpc) is 3.17. The molecule has 2 fully saturated rings. The highest BCUT2D eigenvalue weighted by Gasteiger charge is 2.46.